The maximum absolute atomic E-state index is 12.6. The van der Waals surface area contributed by atoms with Crippen LogP contribution in [0.5, 0.6) is 0 Å². The maximum atomic E-state index is 12.6. The normalized spacial score (nSPS) is 24.3. The first kappa shape index (κ1) is 15.8. The van der Waals surface area contributed by atoms with Crippen LogP contribution in [0, 0.1) is 17.2 Å². The number of rotatable bonds is 3. The lowest BCUT2D eigenvalue weighted by molar-refractivity contribution is -0.182. The monoisotopic (exact) mass is 296 g/mol. The zero-order chi connectivity index (χ0) is 15.5. The molecule has 0 aromatic heterocycles. The number of benzene rings is 1. The second-order valence-electron chi connectivity index (χ2n) is 5.71. The number of hydrogen-bond acceptors (Lipinski definition) is 2. The number of nitrogens with zero attached hydrogens (tertiary/aromatic N) is 1. The molecule has 114 valence electrons. The van der Waals surface area contributed by atoms with E-state index in [0.29, 0.717) is 18.4 Å². The van der Waals surface area contributed by atoms with Gasteiger partial charge in [-0.05, 0) is 50.3 Å². The highest BCUT2D eigenvalue weighted by Crippen LogP contribution is 2.37. The lowest BCUT2D eigenvalue weighted by Gasteiger charge is -2.32. The third kappa shape index (κ3) is 4.21. The molecule has 0 radical (unpaired) electrons. The van der Waals surface area contributed by atoms with Gasteiger partial charge in [-0.1, -0.05) is 12.1 Å². The Hall–Kier alpha value is -1.54. The van der Waals surface area contributed by atoms with Gasteiger partial charge in [0.15, 0.2) is 0 Å². The van der Waals surface area contributed by atoms with E-state index in [0.717, 1.165) is 5.56 Å². The Kier molecular flexibility index (Phi) is 4.89. The van der Waals surface area contributed by atoms with Crippen LogP contribution in [0.4, 0.5) is 13.2 Å². The molecule has 1 aromatic carbocycles. The molecular weight excluding hydrogens is 277 g/mol. The van der Waals surface area contributed by atoms with Crippen molar-refractivity contribution >= 4 is 0 Å². The fourth-order valence-electron chi connectivity index (χ4n) is 2.88. The number of nitriles is 1. The molecule has 0 spiro atoms. The molecule has 0 saturated heterocycles. The van der Waals surface area contributed by atoms with Crippen LogP contribution in [0.2, 0.25) is 0 Å². The van der Waals surface area contributed by atoms with Crippen LogP contribution in [-0.4, -0.2) is 12.2 Å². The Morgan fingerprint density at radius 1 is 1.14 bits per heavy atom. The van der Waals surface area contributed by atoms with Crippen molar-refractivity contribution in [2.75, 3.05) is 0 Å². The van der Waals surface area contributed by atoms with Gasteiger partial charge in [0.05, 0.1) is 17.6 Å². The van der Waals surface area contributed by atoms with E-state index in [9.17, 15) is 13.2 Å². The molecule has 0 amide bonds. The van der Waals surface area contributed by atoms with Gasteiger partial charge in [-0.25, -0.2) is 0 Å². The Morgan fingerprint density at radius 3 is 2.19 bits per heavy atom. The van der Waals surface area contributed by atoms with Crippen molar-refractivity contribution in [3.63, 3.8) is 0 Å². The Balaban J connectivity index is 1.86. The highest BCUT2D eigenvalue weighted by molar-refractivity contribution is 5.32. The molecule has 5 heteroatoms. The van der Waals surface area contributed by atoms with Crippen molar-refractivity contribution in [2.24, 2.45) is 5.92 Å². The fraction of sp³-hybridized carbons (Fsp3) is 0.562. The van der Waals surface area contributed by atoms with Gasteiger partial charge in [-0.3, -0.25) is 0 Å². The molecule has 1 aliphatic rings. The summed E-state index contributed by atoms with van der Waals surface area (Å²) >= 11 is 0. The molecule has 1 fully saturated rings. The van der Waals surface area contributed by atoms with E-state index in [-0.39, 0.29) is 24.9 Å². The van der Waals surface area contributed by atoms with Crippen molar-refractivity contribution in [1.29, 1.82) is 5.26 Å². The summed E-state index contributed by atoms with van der Waals surface area (Å²) in [5, 5.41) is 12.2. The summed E-state index contributed by atoms with van der Waals surface area (Å²) in [6, 6.07) is 9.56. The van der Waals surface area contributed by atoms with E-state index in [4.69, 9.17) is 5.26 Å². The Labute approximate surface area is 123 Å². The predicted molar refractivity (Wildman–Crippen MR) is 74.5 cm³/mol. The molecule has 0 heterocycles. The van der Waals surface area contributed by atoms with Gasteiger partial charge in [-0.15, -0.1) is 0 Å². The molecule has 1 unspecified atom stereocenters. The number of halogens is 3. The predicted octanol–water partition coefficient (Wildman–Crippen LogP) is 4.33. The maximum Gasteiger partial charge on any atom is 0.391 e. The second kappa shape index (κ2) is 6.48. The molecule has 0 bridgehead atoms. The molecule has 1 aromatic rings. The largest absolute Gasteiger partial charge is 0.391 e. The van der Waals surface area contributed by atoms with Crippen LogP contribution in [0.3, 0.4) is 0 Å². The summed E-state index contributed by atoms with van der Waals surface area (Å²) < 4.78 is 37.9. The van der Waals surface area contributed by atoms with Crippen molar-refractivity contribution in [3.05, 3.63) is 35.4 Å². The van der Waals surface area contributed by atoms with E-state index >= 15 is 0 Å². The van der Waals surface area contributed by atoms with Crippen molar-refractivity contribution < 1.29 is 13.2 Å². The summed E-state index contributed by atoms with van der Waals surface area (Å²) in [5.41, 5.74) is 1.66. The molecule has 2 rings (SSSR count). The molecule has 1 atom stereocenters. The van der Waals surface area contributed by atoms with Gasteiger partial charge < -0.3 is 5.32 Å². The van der Waals surface area contributed by atoms with Gasteiger partial charge in [0.1, 0.15) is 0 Å². The average Bonchev–Trinajstić information content (AvgIpc) is 2.47. The number of hydrogen-bond donors (Lipinski definition) is 1. The Bertz CT molecular complexity index is 494. The van der Waals surface area contributed by atoms with Gasteiger partial charge in [0.2, 0.25) is 0 Å². The van der Waals surface area contributed by atoms with Crippen molar-refractivity contribution in [1.82, 2.24) is 5.32 Å². The zero-order valence-electron chi connectivity index (χ0n) is 12.0. The smallest absolute Gasteiger partial charge is 0.307 e. The number of nitrogens with one attached hydrogen (secondary N) is 1. The van der Waals surface area contributed by atoms with Crippen LogP contribution < -0.4 is 5.32 Å². The third-order valence-electron chi connectivity index (χ3n) is 4.22. The van der Waals surface area contributed by atoms with Crippen LogP contribution in [0.25, 0.3) is 0 Å². The van der Waals surface area contributed by atoms with Crippen LogP contribution in [0.15, 0.2) is 24.3 Å². The molecule has 1 saturated carbocycles. The lowest BCUT2D eigenvalue weighted by Crippen LogP contribution is -2.38. The second-order valence-corrected chi connectivity index (χ2v) is 5.71. The van der Waals surface area contributed by atoms with Gasteiger partial charge in [0.25, 0.3) is 0 Å². The standard InChI is InChI=1S/C16H19F3N2/c1-11(13-4-2-12(10-20)3-5-13)21-15-8-6-14(7-9-15)16(17,18)19/h2-5,11,14-15,21H,6-9H2,1H3. The zero-order valence-corrected chi connectivity index (χ0v) is 12.0. The first-order chi connectivity index (χ1) is 9.90. The first-order valence-electron chi connectivity index (χ1n) is 7.23. The van der Waals surface area contributed by atoms with E-state index < -0.39 is 12.1 Å². The van der Waals surface area contributed by atoms with Gasteiger partial charge in [-0.2, -0.15) is 18.4 Å². The van der Waals surface area contributed by atoms with Crippen LogP contribution in [-0.2, 0) is 0 Å². The van der Waals surface area contributed by atoms with E-state index in [1.165, 1.54) is 0 Å². The van der Waals surface area contributed by atoms with E-state index in [1.807, 2.05) is 19.1 Å². The summed E-state index contributed by atoms with van der Waals surface area (Å²) in [6.07, 6.45) is -2.51. The average molecular weight is 296 g/mol. The minimum absolute atomic E-state index is 0.0742. The highest BCUT2D eigenvalue weighted by Gasteiger charge is 2.41. The van der Waals surface area contributed by atoms with E-state index in [2.05, 4.69) is 11.4 Å². The quantitative estimate of drug-likeness (QED) is 0.901. The molecule has 1 N–H and O–H groups in total. The molecule has 21 heavy (non-hydrogen) atoms. The summed E-state index contributed by atoms with van der Waals surface area (Å²) in [6.45, 7) is 2.00. The summed E-state index contributed by atoms with van der Waals surface area (Å²) in [7, 11) is 0. The van der Waals surface area contributed by atoms with Crippen LogP contribution in [0.1, 0.15) is 49.8 Å². The number of alkyl halides is 3. The fourth-order valence-corrected chi connectivity index (χ4v) is 2.88. The Morgan fingerprint density at radius 2 is 1.71 bits per heavy atom. The minimum atomic E-state index is -4.05. The SMILES string of the molecule is CC(NC1CCC(C(F)(F)F)CC1)c1ccc(C#N)cc1. The highest BCUT2D eigenvalue weighted by atomic mass is 19.4. The topological polar surface area (TPSA) is 35.8 Å². The van der Waals surface area contributed by atoms with Crippen molar-refractivity contribution in [3.8, 4) is 6.07 Å². The minimum Gasteiger partial charge on any atom is -0.307 e. The first-order valence-corrected chi connectivity index (χ1v) is 7.23. The molecule has 2 nitrogen and oxygen atoms in total. The van der Waals surface area contributed by atoms with Crippen molar-refractivity contribution in [2.45, 2.75) is 50.9 Å². The summed E-state index contributed by atoms with van der Waals surface area (Å²) in [4.78, 5) is 0. The lowest BCUT2D eigenvalue weighted by atomic mass is 9.85. The summed E-state index contributed by atoms with van der Waals surface area (Å²) in [5.74, 6) is -1.14. The van der Waals surface area contributed by atoms with Crippen LogP contribution >= 0.6 is 0 Å². The molecule has 1 aliphatic carbocycles. The molecule has 0 aliphatic heterocycles. The molecular formula is C16H19F3N2. The van der Waals surface area contributed by atoms with Gasteiger partial charge in [0, 0.05) is 12.1 Å². The third-order valence-corrected chi connectivity index (χ3v) is 4.22. The van der Waals surface area contributed by atoms with Gasteiger partial charge >= 0.3 is 6.18 Å². The van der Waals surface area contributed by atoms with E-state index in [1.54, 1.807) is 12.1 Å².